The van der Waals surface area contributed by atoms with Crippen molar-refractivity contribution in [1.82, 2.24) is 0 Å². The lowest BCUT2D eigenvalue weighted by Gasteiger charge is -2.51. The van der Waals surface area contributed by atoms with Gasteiger partial charge >= 0.3 is 5.97 Å². The van der Waals surface area contributed by atoms with E-state index in [9.17, 15) is 19.8 Å². The predicted octanol–water partition coefficient (Wildman–Crippen LogP) is 0.833. The Morgan fingerprint density at radius 3 is 2.65 bits per heavy atom. The monoisotopic (exact) mass is 282 g/mol. The van der Waals surface area contributed by atoms with Crippen molar-refractivity contribution in [3.05, 3.63) is 12.2 Å². The molecule has 0 aromatic rings. The summed E-state index contributed by atoms with van der Waals surface area (Å²) < 4.78 is 4.64. The molecule has 2 aliphatic rings. The highest BCUT2D eigenvalue weighted by Crippen LogP contribution is 2.51. The summed E-state index contributed by atoms with van der Waals surface area (Å²) in [5, 5.41) is 20.7. The van der Waals surface area contributed by atoms with Gasteiger partial charge in [-0.05, 0) is 19.3 Å². The van der Waals surface area contributed by atoms with Crippen molar-refractivity contribution < 1.29 is 24.5 Å². The highest BCUT2D eigenvalue weighted by Gasteiger charge is 2.55. The number of carbonyl (C=O) groups is 2. The third-order valence-electron chi connectivity index (χ3n) is 5.13. The van der Waals surface area contributed by atoms with Gasteiger partial charge in [-0.25, -0.2) is 4.79 Å². The first-order valence-electron chi connectivity index (χ1n) is 6.99. The van der Waals surface area contributed by atoms with Crippen molar-refractivity contribution in [3.8, 4) is 0 Å². The molecule has 20 heavy (non-hydrogen) atoms. The van der Waals surface area contributed by atoms with Crippen molar-refractivity contribution >= 4 is 11.8 Å². The molecule has 5 nitrogen and oxygen atoms in total. The van der Waals surface area contributed by atoms with Crippen LogP contribution in [0, 0.1) is 17.3 Å². The van der Waals surface area contributed by atoms with Crippen molar-refractivity contribution in [1.29, 1.82) is 0 Å². The summed E-state index contributed by atoms with van der Waals surface area (Å²) in [6, 6.07) is 0. The lowest BCUT2D eigenvalue weighted by molar-refractivity contribution is -0.162. The summed E-state index contributed by atoms with van der Waals surface area (Å²) in [7, 11) is 1.27. The zero-order valence-electron chi connectivity index (χ0n) is 12.0. The molecule has 112 valence electrons. The molecule has 2 rings (SSSR count). The molecule has 5 unspecified atom stereocenters. The number of fused-ring (bicyclic) bond motifs is 1. The van der Waals surface area contributed by atoms with Crippen LogP contribution in [0.2, 0.25) is 0 Å². The smallest absolute Gasteiger partial charge is 0.333 e. The molecule has 5 atom stereocenters. The molecule has 0 aromatic heterocycles. The first-order chi connectivity index (χ1) is 9.32. The molecular formula is C15H22O5. The number of hydrogen-bond donors (Lipinski definition) is 2. The van der Waals surface area contributed by atoms with Gasteiger partial charge in [0.15, 0.2) is 0 Å². The molecule has 0 bridgehead atoms. The van der Waals surface area contributed by atoms with E-state index in [2.05, 4.69) is 11.3 Å². The van der Waals surface area contributed by atoms with Gasteiger partial charge in [-0.2, -0.15) is 0 Å². The van der Waals surface area contributed by atoms with Crippen molar-refractivity contribution in [2.75, 3.05) is 7.11 Å². The minimum absolute atomic E-state index is 0.0346. The highest BCUT2D eigenvalue weighted by atomic mass is 16.5. The van der Waals surface area contributed by atoms with E-state index in [0.29, 0.717) is 19.3 Å². The van der Waals surface area contributed by atoms with Crippen LogP contribution < -0.4 is 0 Å². The number of ether oxygens (including phenoxy) is 1. The average molecular weight is 282 g/mol. The van der Waals surface area contributed by atoms with Gasteiger partial charge in [0.25, 0.3) is 0 Å². The highest BCUT2D eigenvalue weighted by molar-refractivity contribution is 5.89. The van der Waals surface area contributed by atoms with Crippen LogP contribution in [-0.2, 0) is 14.3 Å². The molecule has 0 heterocycles. The number of ketones is 1. The summed E-state index contributed by atoms with van der Waals surface area (Å²) in [6.07, 6.45) is 0.251. The fourth-order valence-corrected chi connectivity index (χ4v) is 3.77. The van der Waals surface area contributed by atoms with Crippen LogP contribution in [0.25, 0.3) is 0 Å². The van der Waals surface area contributed by atoms with Crippen molar-refractivity contribution in [3.63, 3.8) is 0 Å². The fourth-order valence-electron chi connectivity index (χ4n) is 3.77. The standard InChI is InChI=1S/C15H22O5/c1-8(14(19)20-3)9-6-7-15(2)11(17)5-4-10(16)12(15)13(9)18/h9,11-13,17-18H,1,4-7H2,2-3H3. The van der Waals surface area contributed by atoms with Gasteiger partial charge in [0.2, 0.25) is 0 Å². The Labute approximate surface area is 118 Å². The van der Waals surface area contributed by atoms with Gasteiger partial charge < -0.3 is 14.9 Å². The largest absolute Gasteiger partial charge is 0.466 e. The van der Waals surface area contributed by atoms with Crippen LogP contribution in [0.15, 0.2) is 12.2 Å². The third-order valence-corrected chi connectivity index (χ3v) is 5.13. The Bertz CT molecular complexity index is 444. The zero-order valence-corrected chi connectivity index (χ0v) is 12.0. The molecule has 0 saturated heterocycles. The number of Topliss-reactive ketones (excluding diaryl/α,β-unsaturated/α-hetero) is 1. The minimum Gasteiger partial charge on any atom is -0.466 e. The van der Waals surface area contributed by atoms with Gasteiger partial charge in [-0.3, -0.25) is 4.79 Å². The molecule has 2 aliphatic carbocycles. The van der Waals surface area contributed by atoms with Gasteiger partial charge in [0, 0.05) is 23.3 Å². The van der Waals surface area contributed by atoms with Crippen LogP contribution in [0.5, 0.6) is 0 Å². The first-order valence-corrected chi connectivity index (χ1v) is 6.99. The average Bonchev–Trinajstić information content (AvgIpc) is 2.42. The topological polar surface area (TPSA) is 83.8 Å². The second kappa shape index (κ2) is 5.30. The van der Waals surface area contributed by atoms with E-state index in [0.717, 1.165) is 0 Å². The summed E-state index contributed by atoms with van der Waals surface area (Å²) in [4.78, 5) is 23.8. The number of carbonyl (C=O) groups excluding carboxylic acids is 2. The quantitative estimate of drug-likeness (QED) is 0.579. The Morgan fingerprint density at radius 1 is 1.40 bits per heavy atom. The van der Waals surface area contributed by atoms with E-state index >= 15 is 0 Å². The molecule has 0 amide bonds. The van der Waals surface area contributed by atoms with E-state index in [-0.39, 0.29) is 17.8 Å². The number of aliphatic hydroxyl groups is 2. The minimum atomic E-state index is -0.984. The van der Waals surface area contributed by atoms with Crippen LogP contribution in [0.1, 0.15) is 32.6 Å². The molecular weight excluding hydrogens is 260 g/mol. The van der Waals surface area contributed by atoms with E-state index < -0.39 is 35.4 Å². The van der Waals surface area contributed by atoms with E-state index in [1.54, 1.807) is 0 Å². The summed E-state index contributed by atoms with van der Waals surface area (Å²) >= 11 is 0. The predicted molar refractivity (Wildman–Crippen MR) is 71.7 cm³/mol. The zero-order chi connectivity index (χ0) is 15.1. The third kappa shape index (κ3) is 2.19. The molecule has 0 spiro atoms. The molecule has 2 fully saturated rings. The number of aliphatic hydroxyl groups excluding tert-OH is 2. The SMILES string of the molecule is C=C(C(=O)OC)C1CCC2(C)C(O)CCC(=O)C2C1O. The Morgan fingerprint density at radius 2 is 2.05 bits per heavy atom. The summed E-state index contributed by atoms with van der Waals surface area (Å²) in [5.41, 5.74) is -0.406. The van der Waals surface area contributed by atoms with Crippen LogP contribution >= 0.6 is 0 Å². The number of rotatable bonds is 2. The second-order valence-corrected chi connectivity index (χ2v) is 6.16. The second-order valence-electron chi connectivity index (χ2n) is 6.16. The lowest BCUT2D eigenvalue weighted by atomic mass is 9.54. The van der Waals surface area contributed by atoms with Gasteiger partial charge in [0.05, 0.1) is 25.2 Å². The van der Waals surface area contributed by atoms with E-state index in [4.69, 9.17) is 0 Å². The molecule has 2 N–H and O–H groups in total. The molecule has 5 heteroatoms. The van der Waals surface area contributed by atoms with Crippen LogP contribution in [-0.4, -0.2) is 41.3 Å². The number of hydrogen-bond acceptors (Lipinski definition) is 5. The Kier molecular flexibility index (Phi) is 4.02. The Balaban J connectivity index is 2.27. The maximum atomic E-state index is 12.2. The van der Waals surface area contributed by atoms with Crippen LogP contribution in [0.4, 0.5) is 0 Å². The molecule has 0 aromatic carbocycles. The number of methoxy groups -OCH3 is 1. The van der Waals surface area contributed by atoms with Gasteiger partial charge in [-0.1, -0.05) is 13.5 Å². The summed E-state index contributed by atoms with van der Waals surface area (Å²) in [5.74, 6) is -1.70. The lowest BCUT2D eigenvalue weighted by Crippen LogP contribution is -2.57. The normalized spacial score (nSPS) is 40.9. The van der Waals surface area contributed by atoms with Crippen molar-refractivity contribution in [2.45, 2.75) is 44.8 Å². The molecule has 0 radical (unpaired) electrons. The van der Waals surface area contributed by atoms with Crippen molar-refractivity contribution in [2.24, 2.45) is 17.3 Å². The molecule has 0 aliphatic heterocycles. The fraction of sp³-hybridized carbons (Fsp3) is 0.733. The maximum Gasteiger partial charge on any atom is 0.333 e. The van der Waals surface area contributed by atoms with Gasteiger partial charge in [-0.15, -0.1) is 0 Å². The van der Waals surface area contributed by atoms with Crippen LogP contribution in [0.3, 0.4) is 0 Å². The van der Waals surface area contributed by atoms with E-state index in [1.807, 2.05) is 6.92 Å². The van der Waals surface area contributed by atoms with E-state index in [1.165, 1.54) is 7.11 Å². The maximum absolute atomic E-state index is 12.2. The summed E-state index contributed by atoms with van der Waals surface area (Å²) in [6.45, 7) is 5.54. The van der Waals surface area contributed by atoms with Gasteiger partial charge in [0.1, 0.15) is 5.78 Å². The number of esters is 1. The Hall–Kier alpha value is -1.20. The molecule has 2 saturated carbocycles. The first kappa shape index (κ1) is 15.2.